The molecule has 1 unspecified atom stereocenters. The van der Waals surface area contributed by atoms with Crippen LogP contribution in [0.25, 0.3) is 0 Å². The maximum atomic E-state index is 12.9. The summed E-state index contributed by atoms with van der Waals surface area (Å²) in [6.07, 6.45) is 3.13. The zero-order valence-corrected chi connectivity index (χ0v) is 10.6. The minimum Gasteiger partial charge on any atom is -0.324 e. The van der Waals surface area contributed by atoms with Crippen LogP contribution in [0.15, 0.2) is 18.2 Å². The molecule has 0 aliphatic heterocycles. The maximum Gasteiger partial charge on any atom is 0.124 e. The second kappa shape index (κ2) is 6.21. The van der Waals surface area contributed by atoms with Crippen LogP contribution >= 0.6 is 11.6 Å². The van der Waals surface area contributed by atoms with E-state index in [2.05, 4.69) is 13.8 Å². The lowest BCUT2D eigenvalue weighted by Gasteiger charge is -2.19. The quantitative estimate of drug-likeness (QED) is 0.820. The molecule has 3 heteroatoms. The molecule has 1 aromatic carbocycles. The number of rotatable bonds is 5. The highest BCUT2D eigenvalue weighted by Gasteiger charge is 2.15. The summed E-state index contributed by atoms with van der Waals surface area (Å²) in [7, 11) is 0. The van der Waals surface area contributed by atoms with Gasteiger partial charge in [0.2, 0.25) is 0 Å². The lowest BCUT2D eigenvalue weighted by molar-refractivity contribution is 0.414. The summed E-state index contributed by atoms with van der Waals surface area (Å²) in [5.74, 6) is 0.291. The van der Waals surface area contributed by atoms with Crippen LogP contribution in [0.2, 0.25) is 5.02 Å². The first kappa shape index (κ1) is 13.5. The second-order valence-corrected chi connectivity index (χ2v) is 4.60. The molecule has 0 aliphatic rings. The Hall–Kier alpha value is -0.600. The second-order valence-electron chi connectivity index (χ2n) is 4.19. The van der Waals surface area contributed by atoms with Crippen molar-refractivity contribution in [3.63, 3.8) is 0 Å². The van der Waals surface area contributed by atoms with Crippen LogP contribution in [-0.4, -0.2) is 0 Å². The first-order chi connectivity index (χ1) is 7.58. The van der Waals surface area contributed by atoms with Gasteiger partial charge in [-0.05, 0) is 30.0 Å². The van der Waals surface area contributed by atoms with Crippen molar-refractivity contribution in [3.05, 3.63) is 34.6 Å². The SMILES string of the molecule is CCC(CC)CC(N)c1ccc(F)cc1Cl. The molecular weight excluding hydrogens is 225 g/mol. The third kappa shape index (κ3) is 3.46. The van der Waals surface area contributed by atoms with Gasteiger partial charge in [-0.15, -0.1) is 0 Å². The Kier molecular flexibility index (Phi) is 5.23. The van der Waals surface area contributed by atoms with Crippen LogP contribution < -0.4 is 5.73 Å². The van der Waals surface area contributed by atoms with Crippen molar-refractivity contribution < 1.29 is 4.39 Å². The van der Waals surface area contributed by atoms with Gasteiger partial charge >= 0.3 is 0 Å². The summed E-state index contributed by atoms with van der Waals surface area (Å²) in [6, 6.07) is 4.32. The lowest BCUT2D eigenvalue weighted by Crippen LogP contribution is -2.15. The predicted molar refractivity (Wildman–Crippen MR) is 67.0 cm³/mol. The Labute approximate surface area is 102 Å². The van der Waals surface area contributed by atoms with Crippen LogP contribution in [0.5, 0.6) is 0 Å². The normalized spacial score (nSPS) is 13.1. The maximum absolute atomic E-state index is 12.9. The van der Waals surface area contributed by atoms with Gasteiger partial charge in [-0.1, -0.05) is 44.4 Å². The minimum atomic E-state index is -0.316. The van der Waals surface area contributed by atoms with E-state index in [1.54, 1.807) is 6.07 Å². The fourth-order valence-electron chi connectivity index (χ4n) is 1.91. The Morgan fingerprint density at radius 1 is 1.31 bits per heavy atom. The van der Waals surface area contributed by atoms with Gasteiger partial charge in [0.1, 0.15) is 5.82 Å². The van der Waals surface area contributed by atoms with E-state index in [4.69, 9.17) is 17.3 Å². The lowest BCUT2D eigenvalue weighted by atomic mass is 9.91. The van der Waals surface area contributed by atoms with E-state index in [0.29, 0.717) is 10.9 Å². The van der Waals surface area contributed by atoms with E-state index < -0.39 is 0 Å². The highest BCUT2D eigenvalue weighted by atomic mass is 35.5. The van der Waals surface area contributed by atoms with Crippen molar-refractivity contribution in [2.75, 3.05) is 0 Å². The Morgan fingerprint density at radius 3 is 2.44 bits per heavy atom. The zero-order valence-electron chi connectivity index (χ0n) is 9.84. The third-order valence-electron chi connectivity index (χ3n) is 3.10. The topological polar surface area (TPSA) is 26.0 Å². The predicted octanol–water partition coefficient (Wildman–Crippen LogP) is 4.31. The van der Waals surface area contributed by atoms with Crippen LogP contribution in [0.1, 0.15) is 44.7 Å². The number of hydrogen-bond donors (Lipinski definition) is 1. The number of hydrogen-bond acceptors (Lipinski definition) is 1. The molecule has 0 fully saturated rings. The molecule has 0 heterocycles. The van der Waals surface area contributed by atoms with E-state index in [0.717, 1.165) is 24.8 Å². The summed E-state index contributed by atoms with van der Waals surface area (Å²) in [4.78, 5) is 0. The van der Waals surface area contributed by atoms with Crippen LogP contribution in [0.4, 0.5) is 4.39 Å². The van der Waals surface area contributed by atoms with Gasteiger partial charge in [0.05, 0.1) is 0 Å². The monoisotopic (exact) mass is 243 g/mol. The largest absolute Gasteiger partial charge is 0.324 e. The molecule has 1 nitrogen and oxygen atoms in total. The van der Waals surface area contributed by atoms with Crippen LogP contribution in [-0.2, 0) is 0 Å². The highest BCUT2D eigenvalue weighted by Crippen LogP contribution is 2.28. The average molecular weight is 244 g/mol. The molecule has 1 rings (SSSR count). The molecule has 0 saturated heterocycles. The highest BCUT2D eigenvalue weighted by molar-refractivity contribution is 6.31. The average Bonchev–Trinajstić information content (AvgIpc) is 2.25. The van der Waals surface area contributed by atoms with Crippen molar-refractivity contribution in [1.82, 2.24) is 0 Å². The van der Waals surface area contributed by atoms with E-state index in [-0.39, 0.29) is 11.9 Å². The van der Waals surface area contributed by atoms with E-state index in [9.17, 15) is 4.39 Å². The molecule has 0 radical (unpaired) electrons. The molecule has 1 atom stereocenters. The molecule has 90 valence electrons. The van der Waals surface area contributed by atoms with Crippen molar-refractivity contribution >= 4 is 11.6 Å². The Morgan fingerprint density at radius 2 is 1.94 bits per heavy atom. The molecule has 0 amide bonds. The molecule has 0 bridgehead atoms. The van der Waals surface area contributed by atoms with E-state index >= 15 is 0 Å². The first-order valence-electron chi connectivity index (χ1n) is 5.79. The molecule has 0 aliphatic carbocycles. The fraction of sp³-hybridized carbons (Fsp3) is 0.538. The van der Waals surface area contributed by atoms with Gasteiger partial charge in [0.25, 0.3) is 0 Å². The van der Waals surface area contributed by atoms with E-state index in [1.165, 1.54) is 12.1 Å². The molecule has 0 spiro atoms. The van der Waals surface area contributed by atoms with Crippen molar-refractivity contribution in [3.8, 4) is 0 Å². The fourth-order valence-corrected chi connectivity index (χ4v) is 2.22. The molecule has 0 saturated carbocycles. The van der Waals surface area contributed by atoms with Gasteiger partial charge in [0.15, 0.2) is 0 Å². The molecular formula is C13H19ClFN. The molecule has 1 aromatic rings. The number of halogens is 2. The summed E-state index contributed by atoms with van der Waals surface area (Å²) in [5.41, 5.74) is 6.93. The Bertz CT molecular complexity index is 337. The number of nitrogens with two attached hydrogens (primary N) is 1. The summed E-state index contributed by atoms with van der Waals surface area (Å²) in [5, 5.41) is 0.429. The van der Waals surface area contributed by atoms with Crippen molar-refractivity contribution in [2.45, 2.75) is 39.2 Å². The van der Waals surface area contributed by atoms with Gasteiger partial charge < -0.3 is 5.73 Å². The number of benzene rings is 1. The molecule has 2 N–H and O–H groups in total. The molecule has 0 aromatic heterocycles. The molecule has 16 heavy (non-hydrogen) atoms. The summed E-state index contributed by atoms with van der Waals surface area (Å²) >= 11 is 5.97. The summed E-state index contributed by atoms with van der Waals surface area (Å²) in [6.45, 7) is 4.32. The van der Waals surface area contributed by atoms with Crippen LogP contribution in [0.3, 0.4) is 0 Å². The van der Waals surface area contributed by atoms with Crippen LogP contribution in [0, 0.1) is 11.7 Å². The van der Waals surface area contributed by atoms with Gasteiger partial charge in [-0.2, -0.15) is 0 Å². The van der Waals surface area contributed by atoms with Gasteiger partial charge in [-0.25, -0.2) is 4.39 Å². The Balaban J connectivity index is 2.76. The standard InChI is InChI=1S/C13H19ClFN/c1-3-9(4-2)7-13(16)11-6-5-10(15)8-12(11)14/h5-6,8-9,13H,3-4,7,16H2,1-2H3. The van der Waals surface area contributed by atoms with Gasteiger partial charge in [0, 0.05) is 11.1 Å². The summed E-state index contributed by atoms with van der Waals surface area (Å²) < 4.78 is 12.9. The van der Waals surface area contributed by atoms with Crippen molar-refractivity contribution in [1.29, 1.82) is 0 Å². The zero-order chi connectivity index (χ0) is 12.1. The smallest absolute Gasteiger partial charge is 0.124 e. The first-order valence-corrected chi connectivity index (χ1v) is 6.16. The van der Waals surface area contributed by atoms with Crippen molar-refractivity contribution in [2.24, 2.45) is 11.7 Å². The van der Waals surface area contributed by atoms with E-state index in [1.807, 2.05) is 0 Å². The van der Waals surface area contributed by atoms with Gasteiger partial charge in [-0.3, -0.25) is 0 Å². The minimum absolute atomic E-state index is 0.0991. The third-order valence-corrected chi connectivity index (χ3v) is 3.43.